The molecular weight excluding hydrogens is 448 g/mol. The molecule has 0 aliphatic heterocycles. The highest BCUT2D eigenvalue weighted by Crippen LogP contribution is 2.29. The van der Waals surface area contributed by atoms with Crippen LogP contribution in [0.3, 0.4) is 0 Å². The number of aryl methyl sites for hydroxylation is 1. The summed E-state index contributed by atoms with van der Waals surface area (Å²) >= 11 is 0. The molecule has 9 nitrogen and oxygen atoms in total. The van der Waals surface area contributed by atoms with Crippen LogP contribution >= 0.6 is 0 Å². The topological polar surface area (TPSA) is 122 Å². The van der Waals surface area contributed by atoms with E-state index >= 15 is 0 Å². The monoisotopic (exact) mass is 472 g/mol. The van der Waals surface area contributed by atoms with Gasteiger partial charge in [-0.15, -0.1) is 0 Å². The molecule has 0 saturated carbocycles. The molecule has 0 radical (unpaired) electrons. The highest BCUT2D eigenvalue weighted by atomic mass is 16.5. The van der Waals surface area contributed by atoms with E-state index in [1.54, 1.807) is 30.3 Å². The molecule has 0 fully saturated rings. The fourth-order valence-electron chi connectivity index (χ4n) is 3.30. The van der Waals surface area contributed by atoms with Crippen molar-refractivity contribution in [1.82, 2.24) is 15.5 Å². The number of anilines is 1. The molecule has 9 heteroatoms. The van der Waals surface area contributed by atoms with Crippen LogP contribution in [0, 0.1) is 6.92 Å². The molecule has 0 atom stereocenters. The lowest BCUT2D eigenvalue weighted by Gasteiger charge is -2.12. The smallest absolute Gasteiger partial charge is 0.308 e. The van der Waals surface area contributed by atoms with E-state index < -0.39 is 24.4 Å². The number of aromatic nitrogens is 2. The van der Waals surface area contributed by atoms with E-state index in [0.717, 1.165) is 11.1 Å². The van der Waals surface area contributed by atoms with Gasteiger partial charge in [-0.1, -0.05) is 48.0 Å². The van der Waals surface area contributed by atoms with Crippen molar-refractivity contribution in [1.29, 1.82) is 0 Å². The average Bonchev–Trinajstić information content (AvgIpc) is 3.30. The molecule has 0 bridgehead atoms. The molecule has 0 aliphatic rings. The Hall–Kier alpha value is -4.66. The number of para-hydroxylation sites is 3. The Bertz CT molecular complexity index is 1350. The van der Waals surface area contributed by atoms with Gasteiger partial charge in [-0.2, -0.15) is 5.10 Å². The first-order valence-corrected chi connectivity index (χ1v) is 11.0. The predicted molar refractivity (Wildman–Crippen MR) is 130 cm³/mol. The van der Waals surface area contributed by atoms with Crippen molar-refractivity contribution in [3.05, 3.63) is 84.1 Å². The van der Waals surface area contributed by atoms with Crippen molar-refractivity contribution < 1.29 is 23.9 Å². The summed E-state index contributed by atoms with van der Waals surface area (Å²) in [5.41, 5.74) is 2.55. The molecule has 3 N–H and O–H groups in total. The Morgan fingerprint density at radius 3 is 2.51 bits per heavy atom. The average molecular weight is 473 g/mol. The van der Waals surface area contributed by atoms with Crippen molar-refractivity contribution in [2.75, 3.05) is 18.5 Å². The van der Waals surface area contributed by atoms with Gasteiger partial charge in [0.1, 0.15) is 5.75 Å². The van der Waals surface area contributed by atoms with Gasteiger partial charge in [0, 0.05) is 11.9 Å². The summed E-state index contributed by atoms with van der Waals surface area (Å²) in [5, 5.41) is 12.8. The predicted octanol–water partition coefficient (Wildman–Crippen LogP) is 3.97. The number of carbonyl (C=O) groups excluding carboxylic acids is 3. The van der Waals surface area contributed by atoms with E-state index in [4.69, 9.17) is 9.47 Å². The molecule has 3 aromatic carbocycles. The molecular formula is C26H24N4O5. The van der Waals surface area contributed by atoms with Crippen molar-refractivity contribution in [2.45, 2.75) is 13.3 Å². The third-order valence-electron chi connectivity index (χ3n) is 5.07. The second-order valence-corrected chi connectivity index (χ2v) is 7.74. The minimum Gasteiger partial charge on any atom is -0.456 e. The molecule has 1 heterocycles. The number of ether oxygens (including phenoxy) is 2. The molecule has 2 amide bonds. The molecule has 35 heavy (non-hydrogen) atoms. The zero-order valence-electron chi connectivity index (χ0n) is 19.0. The lowest BCUT2D eigenvalue weighted by molar-refractivity contribution is -0.147. The van der Waals surface area contributed by atoms with E-state index in [0.29, 0.717) is 22.6 Å². The first-order valence-electron chi connectivity index (χ1n) is 11.0. The molecule has 0 unspecified atom stereocenters. The highest BCUT2D eigenvalue weighted by Gasteiger charge is 2.15. The van der Waals surface area contributed by atoms with Crippen LogP contribution in [0.15, 0.2) is 72.8 Å². The fraction of sp³-hybridized carbons (Fsp3) is 0.154. The second kappa shape index (κ2) is 11.0. The Morgan fingerprint density at radius 1 is 0.943 bits per heavy atom. The van der Waals surface area contributed by atoms with E-state index in [1.165, 1.54) is 0 Å². The first kappa shape index (κ1) is 23.5. The van der Waals surface area contributed by atoms with Crippen molar-refractivity contribution >= 4 is 34.4 Å². The number of amides is 2. The molecule has 4 rings (SSSR count). The highest BCUT2D eigenvalue weighted by molar-refractivity contribution is 6.04. The van der Waals surface area contributed by atoms with Gasteiger partial charge in [0.15, 0.2) is 18.1 Å². The minimum atomic E-state index is -0.614. The number of nitrogens with zero attached hydrogens (tertiary/aromatic N) is 1. The number of aromatic amines is 1. The van der Waals surface area contributed by atoms with E-state index in [-0.39, 0.29) is 18.7 Å². The lowest BCUT2D eigenvalue weighted by atomic mass is 10.2. The molecule has 178 valence electrons. The van der Waals surface area contributed by atoms with Crippen LogP contribution < -0.4 is 15.4 Å². The maximum atomic E-state index is 12.3. The van der Waals surface area contributed by atoms with Gasteiger partial charge in [-0.3, -0.25) is 19.5 Å². The number of hydrogen-bond acceptors (Lipinski definition) is 6. The summed E-state index contributed by atoms with van der Waals surface area (Å²) in [5.74, 6) is -0.432. The largest absolute Gasteiger partial charge is 0.456 e. The zero-order chi connectivity index (χ0) is 24.6. The quantitative estimate of drug-likeness (QED) is 0.317. The fourth-order valence-corrected chi connectivity index (χ4v) is 3.30. The summed E-state index contributed by atoms with van der Waals surface area (Å²) in [6.07, 6.45) is -0.0888. The van der Waals surface area contributed by atoms with Gasteiger partial charge < -0.3 is 20.1 Å². The summed E-state index contributed by atoms with van der Waals surface area (Å²) in [6, 6.07) is 21.7. The SMILES string of the molecule is Cc1ccc(Oc2ccccc2NC(=O)COC(=O)CCNC(=O)c2n[nH]c3ccccc23)cc1. The van der Waals surface area contributed by atoms with Gasteiger partial charge in [-0.05, 0) is 37.3 Å². The number of esters is 1. The number of nitrogens with one attached hydrogen (secondary N) is 3. The Labute approximate surface area is 201 Å². The van der Waals surface area contributed by atoms with Crippen molar-refractivity contribution in [3.63, 3.8) is 0 Å². The van der Waals surface area contributed by atoms with E-state index in [9.17, 15) is 14.4 Å². The van der Waals surface area contributed by atoms with Crippen molar-refractivity contribution in [3.8, 4) is 11.5 Å². The van der Waals surface area contributed by atoms with E-state index in [1.807, 2.05) is 49.4 Å². The number of hydrogen-bond donors (Lipinski definition) is 3. The lowest BCUT2D eigenvalue weighted by Crippen LogP contribution is -2.28. The van der Waals surface area contributed by atoms with Crippen LogP contribution in [0.1, 0.15) is 22.5 Å². The molecule has 0 saturated heterocycles. The maximum absolute atomic E-state index is 12.3. The van der Waals surface area contributed by atoms with Crippen LogP contribution in [0.4, 0.5) is 5.69 Å². The third kappa shape index (κ3) is 6.23. The summed E-state index contributed by atoms with van der Waals surface area (Å²) in [7, 11) is 0. The Balaban J connectivity index is 1.22. The molecule has 1 aromatic heterocycles. The van der Waals surface area contributed by atoms with Gasteiger partial charge in [0.05, 0.1) is 17.6 Å². The third-order valence-corrected chi connectivity index (χ3v) is 5.07. The van der Waals surface area contributed by atoms with Crippen LogP contribution in [0.5, 0.6) is 11.5 Å². The van der Waals surface area contributed by atoms with Gasteiger partial charge >= 0.3 is 5.97 Å². The maximum Gasteiger partial charge on any atom is 0.308 e. The number of carbonyl (C=O) groups is 3. The van der Waals surface area contributed by atoms with Crippen LogP contribution in [0.2, 0.25) is 0 Å². The normalized spacial score (nSPS) is 10.5. The summed E-state index contributed by atoms with van der Waals surface area (Å²) in [4.78, 5) is 36.6. The van der Waals surface area contributed by atoms with Crippen LogP contribution in [0.25, 0.3) is 10.9 Å². The number of rotatable bonds is 9. The van der Waals surface area contributed by atoms with Crippen molar-refractivity contribution in [2.24, 2.45) is 0 Å². The van der Waals surface area contributed by atoms with Crippen LogP contribution in [-0.2, 0) is 14.3 Å². The number of fused-ring (bicyclic) bond motifs is 1. The Morgan fingerprint density at radius 2 is 1.69 bits per heavy atom. The first-order chi connectivity index (χ1) is 17.0. The molecule has 0 aliphatic carbocycles. The molecule has 0 spiro atoms. The Kier molecular flexibility index (Phi) is 7.37. The van der Waals surface area contributed by atoms with Gasteiger partial charge in [-0.25, -0.2) is 0 Å². The van der Waals surface area contributed by atoms with E-state index in [2.05, 4.69) is 20.8 Å². The number of benzene rings is 3. The van der Waals surface area contributed by atoms with Gasteiger partial charge in [0.2, 0.25) is 0 Å². The zero-order valence-corrected chi connectivity index (χ0v) is 19.0. The molecule has 4 aromatic rings. The second-order valence-electron chi connectivity index (χ2n) is 7.74. The minimum absolute atomic E-state index is 0.0493. The van der Waals surface area contributed by atoms with Gasteiger partial charge in [0.25, 0.3) is 11.8 Å². The number of H-pyrrole nitrogens is 1. The van der Waals surface area contributed by atoms with Crippen LogP contribution in [-0.4, -0.2) is 41.1 Å². The summed E-state index contributed by atoms with van der Waals surface area (Å²) < 4.78 is 10.9. The standard InChI is InChI=1S/C26H24N4O5/c1-17-10-12-18(13-11-17)35-22-9-5-4-8-21(22)28-23(31)16-34-24(32)14-15-27-26(33)25-19-6-2-3-7-20(19)29-30-25/h2-13H,14-16H2,1H3,(H,27,33)(H,28,31)(H,29,30). The summed E-state index contributed by atoms with van der Waals surface area (Å²) in [6.45, 7) is 1.57.